The number of aromatic nitrogens is 4. The molecule has 4 N–H and O–H groups in total. The van der Waals surface area contributed by atoms with E-state index in [0.29, 0.717) is 17.1 Å². The van der Waals surface area contributed by atoms with Crippen LogP contribution < -0.4 is 5.32 Å². The van der Waals surface area contributed by atoms with Crippen molar-refractivity contribution in [1.82, 2.24) is 25.5 Å². The first kappa shape index (κ1) is 14.4. The Morgan fingerprint density at radius 1 is 1.26 bits per heavy atom. The van der Waals surface area contributed by atoms with E-state index < -0.39 is 6.23 Å². The van der Waals surface area contributed by atoms with E-state index in [1.165, 1.54) is 0 Å². The van der Waals surface area contributed by atoms with Crippen molar-refractivity contribution in [3.63, 3.8) is 0 Å². The number of aromatic amines is 2. The molecule has 0 amide bonds. The van der Waals surface area contributed by atoms with Gasteiger partial charge in [0.25, 0.3) is 0 Å². The van der Waals surface area contributed by atoms with E-state index in [1.54, 1.807) is 6.20 Å². The Morgan fingerprint density at radius 2 is 2.09 bits per heavy atom. The van der Waals surface area contributed by atoms with Crippen LogP contribution in [0.4, 0.5) is 0 Å². The number of para-hydroxylation sites is 2. The zero-order chi connectivity index (χ0) is 15.6. The predicted octanol–water partition coefficient (Wildman–Crippen LogP) is 1.71. The van der Waals surface area contributed by atoms with Crippen molar-refractivity contribution in [2.75, 3.05) is 13.2 Å². The number of aliphatic hydroxyl groups is 1. The summed E-state index contributed by atoms with van der Waals surface area (Å²) in [6, 6.07) is 8.07. The van der Waals surface area contributed by atoms with Gasteiger partial charge in [-0.05, 0) is 25.0 Å². The number of nitrogens with zero attached hydrogens (tertiary/aromatic N) is 2. The Morgan fingerprint density at radius 3 is 2.91 bits per heavy atom. The van der Waals surface area contributed by atoms with E-state index in [4.69, 9.17) is 4.74 Å². The van der Waals surface area contributed by atoms with E-state index >= 15 is 0 Å². The molecule has 0 aliphatic carbocycles. The third kappa shape index (κ3) is 2.86. The minimum atomic E-state index is -0.792. The summed E-state index contributed by atoms with van der Waals surface area (Å²) >= 11 is 0. The van der Waals surface area contributed by atoms with Gasteiger partial charge in [0.2, 0.25) is 0 Å². The molecule has 1 aromatic carbocycles. The minimum absolute atomic E-state index is 0.247. The molecule has 0 spiro atoms. The average molecular weight is 313 g/mol. The highest BCUT2D eigenvalue weighted by atomic mass is 16.5. The summed E-state index contributed by atoms with van der Waals surface area (Å²) in [5.74, 6) is 0.673. The van der Waals surface area contributed by atoms with Gasteiger partial charge in [-0.1, -0.05) is 12.1 Å². The van der Waals surface area contributed by atoms with Gasteiger partial charge in [0.05, 0.1) is 17.2 Å². The first-order chi connectivity index (χ1) is 11.3. The van der Waals surface area contributed by atoms with E-state index in [-0.39, 0.29) is 6.04 Å². The average Bonchev–Trinajstić information content (AvgIpc) is 3.22. The molecule has 1 atom stereocenters. The second-order valence-corrected chi connectivity index (χ2v) is 5.76. The zero-order valence-electron chi connectivity index (χ0n) is 12.6. The molecule has 1 fully saturated rings. The fourth-order valence-electron chi connectivity index (χ4n) is 2.94. The van der Waals surface area contributed by atoms with E-state index in [1.807, 2.05) is 24.3 Å². The predicted molar refractivity (Wildman–Crippen MR) is 85.6 cm³/mol. The largest absolute Gasteiger partial charge is 0.381 e. The highest BCUT2D eigenvalue weighted by Crippen LogP contribution is 2.25. The molecule has 1 aliphatic rings. The fraction of sp³-hybridized carbons (Fsp3) is 0.375. The number of aliphatic hydroxyl groups excluding tert-OH is 1. The smallest absolute Gasteiger partial charge is 0.157 e. The first-order valence-corrected chi connectivity index (χ1v) is 7.81. The van der Waals surface area contributed by atoms with Crippen LogP contribution in [0.2, 0.25) is 0 Å². The lowest BCUT2D eigenvalue weighted by molar-refractivity contribution is 0.0493. The molecule has 0 bridgehead atoms. The lowest BCUT2D eigenvalue weighted by Crippen LogP contribution is -2.37. The number of ether oxygens (including phenoxy) is 1. The molecule has 1 unspecified atom stereocenters. The number of imidazole rings is 1. The molecule has 4 rings (SSSR count). The van der Waals surface area contributed by atoms with Crippen LogP contribution in [-0.2, 0) is 4.74 Å². The van der Waals surface area contributed by atoms with Gasteiger partial charge in [0, 0.05) is 24.8 Å². The Bertz CT molecular complexity index is 757. The van der Waals surface area contributed by atoms with Crippen molar-refractivity contribution >= 4 is 11.0 Å². The maximum atomic E-state index is 10.5. The molecule has 1 aliphatic heterocycles. The molecule has 3 aromatic rings. The van der Waals surface area contributed by atoms with Gasteiger partial charge in [-0.3, -0.25) is 10.4 Å². The molecule has 120 valence electrons. The van der Waals surface area contributed by atoms with Gasteiger partial charge >= 0.3 is 0 Å². The Hall–Kier alpha value is -2.22. The van der Waals surface area contributed by atoms with E-state index in [2.05, 4.69) is 25.5 Å². The van der Waals surface area contributed by atoms with Crippen LogP contribution in [0, 0.1) is 0 Å². The normalized spacial score (nSPS) is 17.6. The van der Waals surface area contributed by atoms with Crippen LogP contribution in [0.5, 0.6) is 0 Å². The molecule has 1 saturated heterocycles. The van der Waals surface area contributed by atoms with Crippen LogP contribution in [0.15, 0.2) is 30.5 Å². The zero-order valence-corrected chi connectivity index (χ0v) is 12.6. The summed E-state index contributed by atoms with van der Waals surface area (Å²) in [5.41, 5.74) is 3.23. The van der Waals surface area contributed by atoms with Crippen LogP contribution in [0.1, 0.15) is 24.6 Å². The molecule has 3 heterocycles. The van der Waals surface area contributed by atoms with Crippen molar-refractivity contribution in [1.29, 1.82) is 0 Å². The Kier molecular flexibility index (Phi) is 3.82. The third-order valence-electron chi connectivity index (χ3n) is 4.20. The molecule has 2 aromatic heterocycles. The number of hydrogen-bond acceptors (Lipinski definition) is 5. The highest BCUT2D eigenvalue weighted by molar-refractivity contribution is 5.79. The molecule has 7 nitrogen and oxygen atoms in total. The number of fused-ring (bicyclic) bond motifs is 1. The molecular weight excluding hydrogens is 294 g/mol. The molecular formula is C16H19N5O2. The Labute approximate surface area is 133 Å². The van der Waals surface area contributed by atoms with Gasteiger partial charge in [-0.2, -0.15) is 5.10 Å². The topological polar surface area (TPSA) is 98.8 Å². The summed E-state index contributed by atoms with van der Waals surface area (Å²) in [4.78, 5) is 7.81. The van der Waals surface area contributed by atoms with Gasteiger partial charge in [0.1, 0.15) is 11.9 Å². The van der Waals surface area contributed by atoms with Crippen molar-refractivity contribution in [2.45, 2.75) is 25.1 Å². The van der Waals surface area contributed by atoms with Gasteiger partial charge < -0.3 is 14.8 Å². The second kappa shape index (κ2) is 6.11. The van der Waals surface area contributed by atoms with Crippen molar-refractivity contribution < 1.29 is 9.84 Å². The molecule has 7 heteroatoms. The maximum Gasteiger partial charge on any atom is 0.157 e. The Balaban J connectivity index is 1.59. The highest BCUT2D eigenvalue weighted by Gasteiger charge is 2.22. The summed E-state index contributed by atoms with van der Waals surface area (Å²) in [6.45, 7) is 1.46. The van der Waals surface area contributed by atoms with Crippen molar-refractivity contribution in [3.8, 4) is 11.5 Å². The second-order valence-electron chi connectivity index (χ2n) is 5.76. The van der Waals surface area contributed by atoms with Crippen LogP contribution in [0.3, 0.4) is 0 Å². The summed E-state index contributed by atoms with van der Waals surface area (Å²) in [5, 5.41) is 20.8. The van der Waals surface area contributed by atoms with Gasteiger partial charge in [-0.25, -0.2) is 4.98 Å². The fourth-order valence-corrected chi connectivity index (χ4v) is 2.94. The monoisotopic (exact) mass is 313 g/mol. The standard InChI is InChI=1S/C16H19N5O2/c22-16(18-10-5-7-23-8-6-10)11-9-17-21-14(11)15-19-12-3-1-2-4-13(12)20-15/h1-4,9-10,16,18,22H,5-8H2,(H,17,21)(H,19,20). The quantitative estimate of drug-likeness (QED) is 0.550. The van der Waals surface area contributed by atoms with Crippen LogP contribution in [0.25, 0.3) is 22.6 Å². The van der Waals surface area contributed by atoms with Gasteiger partial charge in [-0.15, -0.1) is 0 Å². The number of nitrogens with one attached hydrogen (secondary N) is 3. The van der Waals surface area contributed by atoms with E-state index in [9.17, 15) is 5.11 Å². The van der Waals surface area contributed by atoms with Crippen molar-refractivity contribution in [3.05, 3.63) is 36.0 Å². The molecule has 23 heavy (non-hydrogen) atoms. The van der Waals surface area contributed by atoms with Gasteiger partial charge in [0.15, 0.2) is 5.82 Å². The van der Waals surface area contributed by atoms with Crippen LogP contribution in [-0.4, -0.2) is 44.5 Å². The molecule has 0 saturated carbocycles. The minimum Gasteiger partial charge on any atom is -0.381 e. The maximum absolute atomic E-state index is 10.5. The summed E-state index contributed by atoms with van der Waals surface area (Å²) in [7, 11) is 0. The number of rotatable bonds is 4. The lowest BCUT2D eigenvalue weighted by Gasteiger charge is -2.25. The van der Waals surface area contributed by atoms with E-state index in [0.717, 1.165) is 37.1 Å². The SMILES string of the molecule is OC(NC1CCOCC1)c1cn[nH]c1-c1nc2ccccc2[nH]1. The molecule has 0 radical (unpaired) electrons. The summed E-state index contributed by atoms with van der Waals surface area (Å²) in [6.07, 6.45) is 2.64. The van der Waals surface area contributed by atoms with Crippen molar-refractivity contribution in [2.24, 2.45) is 0 Å². The first-order valence-electron chi connectivity index (χ1n) is 7.81. The lowest BCUT2D eigenvalue weighted by atomic mass is 10.1. The van der Waals surface area contributed by atoms with Crippen LogP contribution >= 0.6 is 0 Å². The number of hydrogen-bond donors (Lipinski definition) is 4. The summed E-state index contributed by atoms with van der Waals surface area (Å²) < 4.78 is 5.34. The number of benzene rings is 1. The number of H-pyrrole nitrogens is 2. The third-order valence-corrected chi connectivity index (χ3v) is 4.20.